The van der Waals surface area contributed by atoms with E-state index in [0.29, 0.717) is 17.8 Å². The van der Waals surface area contributed by atoms with Crippen LogP contribution in [0.2, 0.25) is 0 Å². The van der Waals surface area contributed by atoms with Crippen LogP contribution in [0.4, 0.5) is 4.39 Å². The molecule has 1 aliphatic rings. The topological polar surface area (TPSA) is 92.5 Å². The summed E-state index contributed by atoms with van der Waals surface area (Å²) in [6.07, 6.45) is 1.59. The van der Waals surface area contributed by atoms with Crippen LogP contribution in [0.15, 0.2) is 23.4 Å². The number of carbonyl (C=O) groups is 1. The predicted octanol–water partition coefficient (Wildman–Crippen LogP) is 1.31. The molecule has 0 radical (unpaired) electrons. The maximum Gasteiger partial charge on any atom is 0.339 e. The normalized spacial score (nSPS) is 15.3. The van der Waals surface area contributed by atoms with Crippen molar-refractivity contribution in [1.82, 2.24) is 13.9 Å². The van der Waals surface area contributed by atoms with Gasteiger partial charge in [0.1, 0.15) is 11.6 Å². The van der Waals surface area contributed by atoms with E-state index in [4.69, 9.17) is 0 Å². The number of rotatable bonds is 3. The van der Waals surface area contributed by atoms with Gasteiger partial charge in [0.05, 0.1) is 11.8 Å². The lowest BCUT2D eigenvalue weighted by molar-refractivity contribution is 0.0689. The number of imidazole rings is 1. The van der Waals surface area contributed by atoms with Gasteiger partial charge in [-0.3, -0.25) is 0 Å². The number of benzene rings is 1. The van der Waals surface area contributed by atoms with Crippen LogP contribution in [0.3, 0.4) is 0 Å². The molecule has 1 aromatic heterocycles. The molecular formula is C15H16FN3O4S. The van der Waals surface area contributed by atoms with Crippen LogP contribution in [0, 0.1) is 12.7 Å². The number of aromatic nitrogens is 2. The predicted molar refractivity (Wildman–Crippen MR) is 82.6 cm³/mol. The van der Waals surface area contributed by atoms with Gasteiger partial charge in [0.15, 0.2) is 5.03 Å². The molecule has 0 amide bonds. The second kappa shape index (κ2) is 5.67. The summed E-state index contributed by atoms with van der Waals surface area (Å²) in [5.41, 5.74) is 0.395. The van der Waals surface area contributed by atoms with Crippen molar-refractivity contribution in [1.29, 1.82) is 0 Å². The number of aromatic carboxylic acids is 1. The van der Waals surface area contributed by atoms with Crippen molar-refractivity contribution in [2.24, 2.45) is 7.05 Å². The van der Waals surface area contributed by atoms with Crippen LogP contribution in [-0.2, 0) is 30.0 Å². The molecule has 7 nitrogen and oxygen atoms in total. The maximum atomic E-state index is 13.9. The van der Waals surface area contributed by atoms with Gasteiger partial charge in [-0.15, -0.1) is 0 Å². The SMILES string of the molecule is Cc1ncc(S(=O)(=O)N2CCc3ccc(F)c(C(=O)O)c3C2)n1C. The summed E-state index contributed by atoms with van der Waals surface area (Å²) in [4.78, 5) is 15.3. The summed E-state index contributed by atoms with van der Waals surface area (Å²) in [6.45, 7) is 1.70. The van der Waals surface area contributed by atoms with Gasteiger partial charge >= 0.3 is 5.97 Å². The Hall–Kier alpha value is -2.26. The molecule has 128 valence electrons. The summed E-state index contributed by atoms with van der Waals surface area (Å²) >= 11 is 0. The van der Waals surface area contributed by atoms with E-state index < -0.39 is 27.4 Å². The Balaban J connectivity index is 2.05. The van der Waals surface area contributed by atoms with Crippen LogP contribution in [-0.4, -0.2) is 39.9 Å². The van der Waals surface area contributed by atoms with Gasteiger partial charge < -0.3 is 9.67 Å². The first-order valence-corrected chi connectivity index (χ1v) is 8.69. The third-order valence-corrected chi connectivity index (χ3v) is 6.22. The van der Waals surface area contributed by atoms with Crippen molar-refractivity contribution < 1.29 is 22.7 Å². The van der Waals surface area contributed by atoms with E-state index in [2.05, 4.69) is 4.98 Å². The molecule has 1 aliphatic heterocycles. The van der Waals surface area contributed by atoms with Crippen molar-refractivity contribution in [3.05, 3.63) is 46.7 Å². The van der Waals surface area contributed by atoms with E-state index in [1.165, 1.54) is 16.8 Å². The molecule has 24 heavy (non-hydrogen) atoms. The van der Waals surface area contributed by atoms with Crippen LogP contribution in [0.1, 0.15) is 27.3 Å². The van der Waals surface area contributed by atoms with Gasteiger partial charge in [-0.2, -0.15) is 4.31 Å². The molecule has 0 spiro atoms. The Morgan fingerprint density at radius 1 is 1.38 bits per heavy atom. The number of carboxylic acid groups (broad SMARTS) is 1. The third-order valence-electron chi connectivity index (χ3n) is 4.32. The van der Waals surface area contributed by atoms with Gasteiger partial charge in [0, 0.05) is 20.1 Å². The molecule has 2 heterocycles. The van der Waals surface area contributed by atoms with Crippen molar-refractivity contribution in [2.75, 3.05) is 6.54 Å². The number of carboxylic acids is 1. The summed E-state index contributed by atoms with van der Waals surface area (Å²) in [5, 5.41) is 9.28. The molecule has 0 atom stereocenters. The van der Waals surface area contributed by atoms with Gasteiger partial charge in [-0.25, -0.2) is 22.6 Å². The molecule has 2 aromatic rings. The number of sulfonamides is 1. The quantitative estimate of drug-likeness (QED) is 0.898. The van der Waals surface area contributed by atoms with E-state index in [1.54, 1.807) is 14.0 Å². The van der Waals surface area contributed by atoms with Gasteiger partial charge in [-0.1, -0.05) is 6.07 Å². The zero-order valence-electron chi connectivity index (χ0n) is 13.2. The van der Waals surface area contributed by atoms with E-state index >= 15 is 0 Å². The second-order valence-electron chi connectivity index (χ2n) is 5.66. The average Bonchev–Trinajstić information content (AvgIpc) is 2.86. The fraction of sp³-hybridized carbons (Fsp3) is 0.333. The Bertz CT molecular complexity index is 936. The Labute approximate surface area is 138 Å². The molecular weight excluding hydrogens is 337 g/mol. The summed E-state index contributed by atoms with van der Waals surface area (Å²) < 4.78 is 42.1. The van der Waals surface area contributed by atoms with E-state index in [-0.39, 0.29) is 23.7 Å². The highest BCUT2D eigenvalue weighted by molar-refractivity contribution is 7.89. The van der Waals surface area contributed by atoms with Gasteiger partial charge in [-0.05, 0) is 30.5 Å². The number of aryl methyl sites for hydroxylation is 1. The van der Waals surface area contributed by atoms with E-state index in [1.807, 2.05) is 0 Å². The maximum absolute atomic E-state index is 13.9. The molecule has 1 N–H and O–H groups in total. The highest BCUT2D eigenvalue weighted by Gasteiger charge is 2.33. The minimum Gasteiger partial charge on any atom is -0.478 e. The third kappa shape index (κ3) is 2.49. The molecule has 1 aromatic carbocycles. The first kappa shape index (κ1) is 16.6. The molecule has 0 saturated heterocycles. The minimum atomic E-state index is -3.85. The van der Waals surface area contributed by atoms with Crippen molar-refractivity contribution >= 4 is 16.0 Å². The van der Waals surface area contributed by atoms with E-state index in [0.717, 1.165) is 10.4 Å². The monoisotopic (exact) mass is 353 g/mol. The molecule has 3 rings (SSSR count). The zero-order valence-corrected chi connectivity index (χ0v) is 14.0. The molecule has 0 unspecified atom stereocenters. The lowest BCUT2D eigenvalue weighted by Crippen LogP contribution is -2.37. The highest BCUT2D eigenvalue weighted by Crippen LogP contribution is 2.28. The minimum absolute atomic E-state index is 0.0247. The standard InChI is InChI=1S/C15H16FN3O4S/c1-9-17-7-13(18(9)2)24(22,23)19-6-5-10-3-4-12(16)14(15(20)21)11(10)8-19/h3-4,7H,5-6,8H2,1-2H3,(H,20,21). The lowest BCUT2D eigenvalue weighted by Gasteiger charge is -2.29. The number of fused-ring (bicyclic) bond motifs is 1. The Morgan fingerprint density at radius 2 is 2.08 bits per heavy atom. The van der Waals surface area contributed by atoms with Crippen LogP contribution < -0.4 is 0 Å². The fourth-order valence-corrected chi connectivity index (χ4v) is 4.43. The summed E-state index contributed by atoms with van der Waals surface area (Å²) in [6, 6.07) is 2.62. The van der Waals surface area contributed by atoms with Crippen molar-refractivity contribution in [2.45, 2.75) is 24.9 Å². The van der Waals surface area contributed by atoms with Gasteiger partial charge in [0.25, 0.3) is 10.0 Å². The number of hydrogen-bond donors (Lipinski definition) is 1. The van der Waals surface area contributed by atoms with Crippen molar-refractivity contribution in [3.8, 4) is 0 Å². The van der Waals surface area contributed by atoms with E-state index in [9.17, 15) is 22.7 Å². The van der Waals surface area contributed by atoms with Crippen LogP contribution in [0.5, 0.6) is 0 Å². The summed E-state index contributed by atoms with van der Waals surface area (Å²) in [7, 11) is -2.26. The zero-order chi connectivity index (χ0) is 17.6. The average molecular weight is 353 g/mol. The van der Waals surface area contributed by atoms with Crippen LogP contribution >= 0.6 is 0 Å². The first-order chi connectivity index (χ1) is 11.2. The smallest absolute Gasteiger partial charge is 0.339 e. The molecule has 0 aliphatic carbocycles. The second-order valence-corrected chi connectivity index (χ2v) is 7.54. The number of halogens is 1. The molecule has 0 saturated carbocycles. The Kier molecular flexibility index (Phi) is 3.92. The molecule has 0 fully saturated rings. The molecule has 9 heteroatoms. The van der Waals surface area contributed by atoms with Gasteiger partial charge in [0.2, 0.25) is 0 Å². The number of hydrogen-bond acceptors (Lipinski definition) is 4. The largest absolute Gasteiger partial charge is 0.478 e. The summed E-state index contributed by atoms with van der Waals surface area (Å²) in [5.74, 6) is -1.72. The number of nitrogens with zero attached hydrogens (tertiary/aromatic N) is 3. The fourth-order valence-electron chi connectivity index (χ4n) is 2.87. The molecule has 0 bridgehead atoms. The van der Waals surface area contributed by atoms with Crippen LogP contribution in [0.25, 0.3) is 0 Å². The lowest BCUT2D eigenvalue weighted by atomic mass is 9.95. The highest BCUT2D eigenvalue weighted by atomic mass is 32.2. The Morgan fingerprint density at radius 3 is 2.67 bits per heavy atom. The van der Waals surface area contributed by atoms with Crippen molar-refractivity contribution in [3.63, 3.8) is 0 Å². The first-order valence-electron chi connectivity index (χ1n) is 7.25.